The van der Waals surface area contributed by atoms with Crippen LogP contribution in [0.3, 0.4) is 0 Å². The molecule has 0 heterocycles. The van der Waals surface area contributed by atoms with Crippen LogP contribution in [-0.4, -0.2) is 44.6 Å². The first-order chi connectivity index (χ1) is 8.24. The van der Waals surface area contributed by atoms with Gasteiger partial charge in [0.2, 0.25) is 5.91 Å². The van der Waals surface area contributed by atoms with Gasteiger partial charge in [-0.05, 0) is 12.6 Å². The zero-order valence-corrected chi connectivity index (χ0v) is 10.5. The molecule has 0 saturated carbocycles. The largest absolute Gasteiger partial charge is 0.367 e. The number of ether oxygens (including phenoxy) is 1. The summed E-state index contributed by atoms with van der Waals surface area (Å²) in [5.74, 6) is 0.0104. The molecule has 0 fully saturated rings. The van der Waals surface area contributed by atoms with Crippen molar-refractivity contribution in [2.45, 2.75) is 6.61 Å². The maximum atomic E-state index is 11.6. The Morgan fingerprint density at radius 2 is 2.06 bits per heavy atom. The number of hydrogen-bond donors (Lipinski definition) is 1. The summed E-state index contributed by atoms with van der Waals surface area (Å²) in [5, 5.41) is 3.00. The number of likely N-dealkylation sites (N-methyl/N-ethyl adjacent to an activating group) is 2. The van der Waals surface area contributed by atoms with Crippen LogP contribution >= 0.6 is 0 Å². The predicted molar refractivity (Wildman–Crippen MR) is 67.7 cm³/mol. The van der Waals surface area contributed by atoms with Crippen molar-refractivity contribution < 1.29 is 9.53 Å². The van der Waals surface area contributed by atoms with Crippen molar-refractivity contribution in [1.29, 1.82) is 0 Å². The molecule has 0 saturated heterocycles. The van der Waals surface area contributed by atoms with Gasteiger partial charge in [0.1, 0.15) is 6.61 Å². The summed E-state index contributed by atoms with van der Waals surface area (Å²) in [7, 11) is 3.65. The lowest BCUT2D eigenvalue weighted by atomic mass is 10.2. The molecule has 0 aliphatic heterocycles. The third kappa shape index (κ3) is 5.47. The number of rotatable bonds is 7. The Bertz CT molecular complexity index is 327. The molecule has 1 aromatic carbocycles. The number of carbonyl (C=O) groups is 1. The molecule has 94 valence electrons. The predicted octanol–water partition coefficient (Wildman–Crippen LogP) is 0.881. The van der Waals surface area contributed by atoms with E-state index in [9.17, 15) is 4.79 Å². The van der Waals surface area contributed by atoms with Crippen molar-refractivity contribution in [1.82, 2.24) is 10.2 Å². The maximum Gasteiger partial charge on any atom is 0.248 e. The molecule has 0 radical (unpaired) electrons. The molecule has 1 rings (SSSR count). The summed E-state index contributed by atoms with van der Waals surface area (Å²) >= 11 is 0. The van der Waals surface area contributed by atoms with E-state index in [2.05, 4.69) is 5.32 Å². The molecule has 0 spiro atoms. The Balaban J connectivity index is 2.20. The first kappa shape index (κ1) is 13.7. The highest BCUT2D eigenvalue weighted by atomic mass is 16.5. The fourth-order valence-corrected chi connectivity index (χ4v) is 1.34. The van der Waals surface area contributed by atoms with Crippen LogP contribution in [-0.2, 0) is 16.1 Å². The van der Waals surface area contributed by atoms with Gasteiger partial charge in [0.15, 0.2) is 0 Å². The zero-order chi connectivity index (χ0) is 12.5. The Hall–Kier alpha value is -1.39. The molecule has 1 N–H and O–H groups in total. The topological polar surface area (TPSA) is 41.6 Å². The second-order valence-electron chi connectivity index (χ2n) is 3.90. The molecule has 17 heavy (non-hydrogen) atoms. The van der Waals surface area contributed by atoms with Crippen LogP contribution in [0.4, 0.5) is 0 Å². The SMILES string of the molecule is CNCCN(C)C(=O)COCc1ccccc1. The second-order valence-corrected chi connectivity index (χ2v) is 3.90. The number of amides is 1. The summed E-state index contributed by atoms with van der Waals surface area (Å²) < 4.78 is 5.37. The Labute approximate surface area is 103 Å². The van der Waals surface area contributed by atoms with E-state index < -0.39 is 0 Å². The van der Waals surface area contributed by atoms with Gasteiger partial charge in [-0.1, -0.05) is 30.3 Å². The third-order valence-corrected chi connectivity index (χ3v) is 2.46. The van der Waals surface area contributed by atoms with Crippen LogP contribution in [0.5, 0.6) is 0 Å². The maximum absolute atomic E-state index is 11.6. The number of carbonyl (C=O) groups excluding carboxylic acids is 1. The number of nitrogens with zero attached hydrogens (tertiary/aromatic N) is 1. The summed E-state index contributed by atoms with van der Waals surface area (Å²) in [4.78, 5) is 13.3. The van der Waals surface area contributed by atoms with Crippen molar-refractivity contribution in [3.05, 3.63) is 35.9 Å². The molecule has 4 heteroatoms. The van der Waals surface area contributed by atoms with Crippen molar-refractivity contribution in [2.24, 2.45) is 0 Å². The average molecular weight is 236 g/mol. The quantitative estimate of drug-likeness (QED) is 0.764. The minimum atomic E-state index is 0.0104. The van der Waals surface area contributed by atoms with E-state index in [-0.39, 0.29) is 12.5 Å². The van der Waals surface area contributed by atoms with E-state index in [0.29, 0.717) is 13.2 Å². The van der Waals surface area contributed by atoms with Crippen LogP contribution in [0, 0.1) is 0 Å². The van der Waals surface area contributed by atoms with Gasteiger partial charge in [0.05, 0.1) is 6.61 Å². The Kier molecular flexibility index (Phi) is 6.29. The smallest absolute Gasteiger partial charge is 0.248 e. The normalized spacial score (nSPS) is 10.2. The van der Waals surface area contributed by atoms with Gasteiger partial charge in [-0.3, -0.25) is 4.79 Å². The van der Waals surface area contributed by atoms with Crippen LogP contribution in [0.25, 0.3) is 0 Å². The molecule has 4 nitrogen and oxygen atoms in total. The van der Waals surface area contributed by atoms with Gasteiger partial charge in [0.25, 0.3) is 0 Å². The van der Waals surface area contributed by atoms with E-state index >= 15 is 0 Å². The Morgan fingerprint density at radius 1 is 1.35 bits per heavy atom. The molecule has 0 bridgehead atoms. The van der Waals surface area contributed by atoms with E-state index in [1.54, 1.807) is 11.9 Å². The van der Waals surface area contributed by atoms with E-state index in [0.717, 1.165) is 12.1 Å². The lowest BCUT2D eigenvalue weighted by Gasteiger charge is -2.16. The molecule has 0 aromatic heterocycles. The van der Waals surface area contributed by atoms with Gasteiger partial charge in [0, 0.05) is 20.1 Å². The molecule has 0 aliphatic carbocycles. The van der Waals surface area contributed by atoms with Gasteiger partial charge >= 0.3 is 0 Å². The second kappa shape index (κ2) is 7.81. The molecular weight excluding hydrogens is 216 g/mol. The van der Waals surface area contributed by atoms with Crippen LogP contribution in [0.2, 0.25) is 0 Å². The molecule has 0 aliphatic rings. The first-order valence-electron chi connectivity index (χ1n) is 5.74. The first-order valence-corrected chi connectivity index (χ1v) is 5.74. The van der Waals surface area contributed by atoms with Gasteiger partial charge in [-0.15, -0.1) is 0 Å². The van der Waals surface area contributed by atoms with Gasteiger partial charge in [-0.2, -0.15) is 0 Å². The molecular formula is C13H20N2O2. The zero-order valence-electron chi connectivity index (χ0n) is 10.5. The van der Waals surface area contributed by atoms with Crippen LogP contribution in [0.1, 0.15) is 5.56 Å². The number of hydrogen-bond acceptors (Lipinski definition) is 3. The van der Waals surface area contributed by atoms with Crippen LogP contribution in [0.15, 0.2) is 30.3 Å². The standard InChI is InChI=1S/C13H20N2O2/c1-14-8-9-15(2)13(16)11-17-10-12-6-4-3-5-7-12/h3-7,14H,8-11H2,1-2H3. The minimum Gasteiger partial charge on any atom is -0.367 e. The molecule has 0 unspecified atom stereocenters. The van der Waals surface area contributed by atoms with Crippen molar-refractivity contribution in [3.63, 3.8) is 0 Å². The fourth-order valence-electron chi connectivity index (χ4n) is 1.34. The summed E-state index contributed by atoms with van der Waals surface area (Å²) in [6.45, 7) is 2.10. The minimum absolute atomic E-state index is 0.0104. The highest BCUT2D eigenvalue weighted by molar-refractivity contribution is 5.77. The van der Waals surface area contributed by atoms with Gasteiger partial charge in [-0.25, -0.2) is 0 Å². The lowest BCUT2D eigenvalue weighted by Crippen LogP contribution is -2.35. The Morgan fingerprint density at radius 3 is 2.71 bits per heavy atom. The van der Waals surface area contributed by atoms with E-state index in [4.69, 9.17) is 4.74 Å². The lowest BCUT2D eigenvalue weighted by molar-refractivity contribution is -0.135. The van der Waals surface area contributed by atoms with Gasteiger partial charge < -0.3 is 15.0 Å². The monoisotopic (exact) mass is 236 g/mol. The third-order valence-electron chi connectivity index (χ3n) is 2.46. The highest BCUT2D eigenvalue weighted by Gasteiger charge is 2.07. The van der Waals surface area contributed by atoms with Crippen LogP contribution < -0.4 is 5.32 Å². The molecule has 0 atom stereocenters. The van der Waals surface area contributed by atoms with E-state index in [1.807, 2.05) is 37.4 Å². The number of nitrogens with one attached hydrogen (secondary N) is 1. The highest BCUT2D eigenvalue weighted by Crippen LogP contribution is 2.00. The summed E-state index contributed by atoms with van der Waals surface area (Å²) in [6.07, 6.45) is 0. The van der Waals surface area contributed by atoms with Crippen molar-refractivity contribution >= 4 is 5.91 Å². The summed E-state index contributed by atoms with van der Waals surface area (Å²) in [6, 6.07) is 9.84. The van der Waals surface area contributed by atoms with Crippen molar-refractivity contribution in [2.75, 3.05) is 33.8 Å². The van der Waals surface area contributed by atoms with E-state index in [1.165, 1.54) is 0 Å². The average Bonchev–Trinajstić information content (AvgIpc) is 2.37. The van der Waals surface area contributed by atoms with Crippen molar-refractivity contribution in [3.8, 4) is 0 Å². The summed E-state index contributed by atoms with van der Waals surface area (Å²) in [5.41, 5.74) is 1.08. The molecule has 1 aromatic rings. The number of benzene rings is 1. The fraction of sp³-hybridized carbons (Fsp3) is 0.462. The molecule has 1 amide bonds.